The van der Waals surface area contributed by atoms with E-state index < -0.39 is 11.2 Å². The summed E-state index contributed by atoms with van der Waals surface area (Å²) in [6.45, 7) is 0. The van der Waals surface area contributed by atoms with Gasteiger partial charge in [0.25, 0.3) is 5.56 Å². The van der Waals surface area contributed by atoms with Gasteiger partial charge in [-0.1, -0.05) is 0 Å². The van der Waals surface area contributed by atoms with Crippen molar-refractivity contribution in [1.82, 2.24) is 24.4 Å². The van der Waals surface area contributed by atoms with Crippen LogP contribution in [0.15, 0.2) is 38.9 Å². The summed E-state index contributed by atoms with van der Waals surface area (Å²) in [4.78, 5) is 31.2. The van der Waals surface area contributed by atoms with Crippen LogP contribution in [0.1, 0.15) is 31.7 Å². The summed E-state index contributed by atoms with van der Waals surface area (Å²) in [6.07, 6.45) is 9.01. The zero-order valence-electron chi connectivity index (χ0n) is 12.9. The Balaban J connectivity index is 1.76. The summed E-state index contributed by atoms with van der Waals surface area (Å²) in [5.74, 6) is 0. The first kappa shape index (κ1) is 13.8. The molecule has 0 aromatic carbocycles. The van der Waals surface area contributed by atoms with Crippen LogP contribution in [-0.2, 0) is 0 Å². The molecule has 0 amide bonds. The Bertz CT molecular complexity index is 1000. The Morgan fingerprint density at radius 3 is 2.71 bits per heavy atom. The number of aromatic amines is 1. The summed E-state index contributed by atoms with van der Waals surface area (Å²) in [7, 11) is 0. The number of nitrogens with zero attached hydrogens (tertiary/aromatic N) is 3. The van der Waals surface area contributed by atoms with Gasteiger partial charge in [0, 0.05) is 24.2 Å². The maximum absolute atomic E-state index is 12.4. The highest BCUT2D eigenvalue weighted by atomic mass is 16.3. The van der Waals surface area contributed by atoms with Crippen molar-refractivity contribution in [1.29, 1.82) is 0 Å². The molecule has 124 valence electrons. The fourth-order valence-corrected chi connectivity index (χ4v) is 4.19. The Morgan fingerprint density at radius 2 is 2.00 bits per heavy atom. The first-order chi connectivity index (χ1) is 11.7. The third-order valence-corrected chi connectivity index (χ3v) is 5.22. The summed E-state index contributed by atoms with van der Waals surface area (Å²) >= 11 is 0. The van der Waals surface area contributed by atoms with Crippen LogP contribution >= 0.6 is 0 Å². The lowest BCUT2D eigenvalue weighted by Gasteiger charge is -2.30. The third kappa shape index (κ3) is 1.92. The van der Waals surface area contributed by atoms with Gasteiger partial charge in [-0.05, 0) is 25.7 Å². The lowest BCUT2D eigenvalue weighted by Crippen LogP contribution is -2.39. The maximum atomic E-state index is 12.4. The lowest BCUT2D eigenvalue weighted by molar-refractivity contribution is 0.302. The van der Waals surface area contributed by atoms with E-state index in [4.69, 9.17) is 4.42 Å². The molecule has 5 heterocycles. The summed E-state index contributed by atoms with van der Waals surface area (Å²) in [6, 6.07) is 2.93. The molecule has 2 aliphatic heterocycles. The van der Waals surface area contributed by atoms with E-state index in [0.717, 1.165) is 12.8 Å². The molecular formula is C16H17N5O3. The molecule has 3 aromatic rings. The van der Waals surface area contributed by atoms with Gasteiger partial charge in [0.05, 0.1) is 18.3 Å². The molecule has 2 fully saturated rings. The van der Waals surface area contributed by atoms with E-state index in [1.54, 1.807) is 12.4 Å². The summed E-state index contributed by atoms with van der Waals surface area (Å²) < 4.78 is 8.58. The van der Waals surface area contributed by atoms with Gasteiger partial charge in [-0.3, -0.25) is 9.78 Å². The monoisotopic (exact) mass is 327 g/mol. The van der Waals surface area contributed by atoms with Crippen LogP contribution in [0.4, 0.5) is 0 Å². The van der Waals surface area contributed by atoms with Crippen LogP contribution in [0.2, 0.25) is 0 Å². The molecule has 24 heavy (non-hydrogen) atoms. The summed E-state index contributed by atoms with van der Waals surface area (Å²) in [5.41, 5.74) is 0.469. The highest BCUT2D eigenvalue weighted by molar-refractivity contribution is 5.72. The van der Waals surface area contributed by atoms with Gasteiger partial charge in [0.1, 0.15) is 6.26 Å². The van der Waals surface area contributed by atoms with Crippen LogP contribution in [0.3, 0.4) is 0 Å². The van der Waals surface area contributed by atoms with E-state index in [1.165, 1.54) is 29.9 Å². The van der Waals surface area contributed by atoms with E-state index in [-0.39, 0.29) is 11.6 Å². The van der Waals surface area contributed by atoms with Gasteiger partial charge in [0.2, 0.25) is 0 Å². The van der Waals surface area contributed by atoms with E-state index >= 15 is 0 Å². The molecule has 0 spiro atoms. The van der Waals surface area contributed by atoms with Crippen LogP contribution in [0, 0.1) is 0 Å². The first-order valence-electron chi connectivity index (χ1n) is 8.21. The molecule has 0 aliphatic carbocycles. The van der Waals surface area contributed by atoms with Crippen LogP contribution < -0.4 is 16.6 Å². The molecule has 2 bridgehead atoms. The summed E-state index contributed by atoms with van der Waals surface area (Å²) in [5, 5.41) is 3.61. The quantitative estimate of drug-likeness (QED) is 0.729. The molecule has 2 N–H and O–H groups in total. The highest BCUT2D eigenvalue weighted by Gasteiger charge is 2.35. The number of H-pyrrole nitrogens is 1. The number of nitrogens with one attached hydrogen (secondary N) is 2. The first-order valence-corrected chi connectivity index (χ1v) is 8.21. The van der Waals surface area contributed by atoms with Crippen molar-refractivity contribution < 1.29 is 4.42 Å². The molecule has 3 aromatic heterocycles. The molecular weight excluding hydrogens is 310 g/mol. The van der Waals surface area contributed by atoms with Crippen molar-refractivity contribution in [3.63, 3.8) is 0 Å². The van der Waals surface area contributed by atoms with E-state index in [9.17, 15) is 9.59 Å². The van der Waals surface area contributed by atoms with Crippen molar-refractivity contribution in [3.8, 4) is 5.69 Å². The van der Waals surface area contributed by atoms with E-state index in [2.05, 4.69) is 15.3 Å². The molecule has 8 nitrogen and oxygen atoms in total. The number of piperidine rings is 1. The molecule has 2 unspecified atom stereocenters. The number of imidazole rings is 1. The normalized spacial score (nSPS) is 26.2. The van der Waals surface area contributed by atoms with E-state index in [1.807, 2.05) is 4.57 Å². The van der Waals surface area contributed by atoms with Gasteiger partial charge in [-0.25, -0.2) is 14.3 Å². The number of aromatic nitrogens is 4. The van der Waals surface area contributed by atoms with Gasteiger partial charge >= 0.3 is 5.69 Å². The zero-order chi connectivity index (χ0) is 16.3. The van der Waals surface area contributed by atoms with Gasteiger partial charge in [0.15, 0.2) is 11.2 Å². The van der Waals surface area contributed by atoms with E-state index in [0.29, 0.717) is 23.4 Å². The number of rotatable bonds is 2. The maximum Gasteiger partial charge on any atom is 0.334 e. The second-order valence-corrected chi connectivity index (χ2v) is 6.66. The number of hydrogen-bond donors (Lipinski definition) is 2. The lowest BCUT2D eigenvalue weighted by atomic mass is 10.00. The Kier molecular flexibility index (Phi) is 2.84. The number of hydrogen-bond acceptors (Lipinski definition) is 5. The van der Waals surface area contributed by atoms with Crippen molar-refractivity contribution in [3.05, 3.63) is 45.8 Å². The minimum absolute atomic E-state index is 0.230. The molecule has 0 radical (unpaired) electrons. The van der Waals surface area contributed by atoms with Crippen molar-refractivity contribution in [2.75, 3.05) is 0 Å². The smallest absolute Gasteiger partial charge is 0.334 e. The topological polar surface area (TPSA) is 97.8 Å². The third-order valence-electron chi connectivity index (χ3n) is 5.22. The van der Waals surface area contributed by atoms with Crippen molar-refractivity contribution >= 4 is 11.2 Å². The van der Waals surface area contributed by atoms with Crippen LogP contribution in [0.5, 0.6) is 0 Å². The second-order valence-electron chi connectivity index (χ2n) is 6.66. The van der Waals surface area contributed by atoms with Gasteiger partial charge < -0.3 is 14.3 Å². The minimum atomic E-state index is -0.479. The Labute approximate surface area is 136 Å². The van der Waals surface area contributed by atoms with Crippen LogP contribution in [0.25, 0.3) is 16.9 Å². The molecule has 2 atom stereocenters. The molecule has 0 saturated carbocycles. The Morgan fingerprint density at radius 1 is 1.21 bits per heavy atom. The van der Waals surface area contributed by atoms with Crippen LogP contribution in [-0.4, -0.2) is 31.2 Å². The highest BCUT2D eigenvalue weighted by Crippen LogP contribution is 2.35. The average molecular weight is 327 g/mol. The van der Waals surface area contributed by atoms with Crippen molar-refractivity contribution in [2.45, 2.75) is 43.8 Å². The second kappa shape index (κ2) is 4.94. The van der Waals surface area contributed by atoms with Crippen molar-refractivity contribution in [2.24, 2.45) is 0 Å². The SMILES string of the molecule is O=c1[nH]c(=O)n(-c2ccoc2)c2c1ncn2C1CC2CCC(C1)N2. The largest absolute Gasteiger partial charge is 0.470 e. The predicted molar refractivity (Wildman–Crippen MR) is 86.4 cm³/mol. The molecule has 2 saturated heterocycles. The average Bonchev–Trinajstić information content (AvgIpc) is 3.28. The predicted octanol–water partition coefficient (Wildman–Crippen LogP) is 0.924. The Hall–Kier alpha value is -2.61. The molecule has 2 aliphatic rings. The standard InChI is InChI=1S/C16H17N5O3/c22-14-13-15(21(16(23)19-14)11-3-4-24-7-11)20(8-17-13)12-5-9-1-2-10(6-12)18-9/h3-4,7-10,12,18H,1-2,5-6H2,(H,19,22,23). The minimum Gasteiger partial charge on any atom is -0.470 e. The fraction of sp³-hybridized carbons (Fsp3) is 0.438. The van der Waals surface area contributed by atoms with Gasteiger partial charge in [-0.2, -0.15) is 0 Å². The van der Waals surface area contributed by atoms with Gasteiger partial charge in [-0.15, -0.1) is 0 Å². The molecule has 5 rings (SSSR count). The molecule has 8 heteroatoms. The zero-order valence-corrected chi connectivity index (χ0v) is 12.9. The number of furan rings is 1. The number of fused-ring (bicyclic) bond motifs is 3. The fourth-order valence-electron chi connectivity index (χ4n) is 4.19.